The lowest BCUT2D eigenvalue weighted by atomic mass is 10.0. The molecule has 2 atom stereocenters. The van der Waals surface area contributed by atoms with Gasteiger partial charge in [0.1, 0.15) is 10.7 Å². The van der Waals surface area contributed by atoms with E-state index >= 15 is 0 Å². The molecular formula is C13H21N3O3S. The van der Waals surface area contributed by atoms with Crippen molar-refractivity contribution in [2.24, 2.45) is 5.92 Å². The number of rotatable bonds is 5. The van der Waals surface area contributed by atoms with Crippen molar-refractivity contribution in [3.05, 3.63) is 18.3 Å². The smallest absolute Gasteiger partial charge is 0.244 e. The third kappa shape index (κ3) is 3.28. The highest BCUT2D eigenvalue weighted by Gasteiger charge is 2.24. The summed E-state index contributed by atoms with van der Waals surface area (Å²) in [6.45, 7) is 3.66. The summed E-state index contributed by atoms with van der Waals surface area (Å²) in [5, 5.41) is 3.23. The standard InChI is InChI=1S/C13H21N3O3S/c1-10-11(6-7-19-10)8-14-13-5-4-12(9-15-13)20(17,18)16(2)3/h4-5,9-11H,6-8H2,1-3H3,(H,14,15). The zero-order chi connectivity index (χ0) is 14.8. The number of nitrogens with zero attached hydrogens (tertiary/aromatic N) is 2. The normalized spacial score (nSPS) is 23.2. The van der Waals surface area contributed by atoms with Gasteiger partial charge in [0.25, 0.3) is 0 Å². The van der Waals surface area contributed by atoms with Crippen LogP contribution in [-0.2, 0) is 14.8 Å². The number of hydrogen-bond acceptors (Lipinski definition) is 5. The van der Waals surface area contributed by atoms with E-state index in [0.717, 1.165) is 19.6 Å². The molecule has 0 aromatic carbocycles. The van der Waals surface area contributed by atoms with E-state index < -0.39 is 10.0 Å². The van der Waals surface area contributed by atoms with Crippen molar-refractivity contribution in [2.75, 3.05) is 32.6 Å². The minimum atomic E-state index is -3.41. The van der Waals surface area contributed by atoms with Gasteiger partial charge in [-0.3, -0.25) is 0 Å². The van der Waals surface area contributed by atoms with Crippen LogP contribution >= 0.6 is 0 Å². The van der Waals surface area contributed by atoms with Crippen molar-refractivity contribution < 1.29 is 13.2 Å². The Morgan fingerprint density at radius 3 is 2.70 bits per heavy atom. The molecule has 0 saturated carbocycles. The molecule has 6 nitrogen and oxygen atoms in total. The van der Waals surface area contributed by atoms with Crippen LogP contribution in [0.2, 0.25) is 0 Å². The van der Waals surface area contributed by atoms with Crippen LogP contribution in [0.3, 0.4) is 0 Å². The molecule has 2 rings (SSSR count). The Morgan fingerprint density at radius 1 is 1.45 bits per heavy atom. The maximum atomic E-state index is 11.9. The maximum Gasteiger partial charge on any atom is 0.244 e. The molecule has 2 unspecified atom stereocenters. The van der Waals surface area contributed by atoms with E-state index in [1.165, 1.54) is 24.6 Å². The molecule has 2 heterocycles. The van der Waals surface area contributed by atoms with Gasteiger partial charge in [-0.05, 0) is 25.5 Å². The number of sulfonamides is 1. The van der Waals surface area contributed by atoms with Crippen molar-refractivity contribution in [3.63, 3.8) is 0 Å². The minimum Gasteiger partial charge on any atom is -0.378 e. The predicted octanol–water partition coefficient (Wildman–Crippen LogP) is 1.17. The molecule has 1 aliphatic rings. The quantitative estimate of drug-likeness (QED) is 0.883. The summed E-state index contributed by atoms with van der Waals surface area (Å²) in [7, 11) is -0.404. The van der Waals surface area contributed by atoms with Crippen LogP contribution in [-0.4, -0.2) is 51.1 Å². The fourth-order valence-electron chi connectivity index (χ4n) is 2.13. The Morgan fingerprint density at radius 2 is 2.20 bits per heavy atom. The second kappa shape index (κ2) is 6.07. The molecule has 0 bridgehead atoms. The first-order valence-electron chi connectivity index (χ1n) is 6.65. The van der Waals surface area contributed by atoms with Crippen LogP contribution in [0.25, 0.3) is 0 Å². The second-order valence-electron chi connectivity index (χ2n) is 5.17. The van der Waals surface area contributed by atoms with E-state index in [1.807, 2.05) is 0 Å². The summed E-state index contributed by atoms with van der Waals surface area (Å²) in [5.41, 5.74) is 0. The van der Waals surface area contributed by atoms with Crippen LogP contribution < -0.4 is 5.32 Å². The zero-order valence-electron chi connectivity index (χ0n) is 12.0. The Hall–Kier alpha value is -1.18. The predicted molar refractivity (Wildman–Crippen MR) is 77.1 cm³/mol. The monoisotopic (exact) mass is 299 g/mol. The molecule has 0 aliphatic carbocycles. The Bertz CT molecular complexity index is 542. The molecule has 112 valence electrons. The van der Waals surface area contributed by atoms with Gasteiger partial charge >= 0.3 is 0 Å². The lowest BCUT2D eigenvalue weighted by Crippen LogP contribution is -2.23. The van der Waals surface area contributed by atoms with Crippen LogP contribution in [0, 0.1) is 5.92 Å². The molecule has 1 saturated heterocycles. The fourth-order valence-corrected chi connectivity index (χ4v) is 2.98. The lowest BCUT2D eigenvalue weighted by Gasteiger charge is -2.15. The van der Waals surface area contributed by atoms with Crippen molar-refractivity contribution in [1.82, 2.24) is 9.29 Å². The molecule has 1 aliphatic heterocycles. The Labute approximate surface area is 120 Å². The van der Waals surface area contributed by atoms with Crippen molar-refractivity contribution in [3.8, 4) is 0 Å². The number of aromatic nitrogens is 1. The highest BCUT2D eigenvalue weighted by Crippen LogP contribution is 2.21. The van der Waals surface area contributed by atoms with Gasteiger partial charge in [-0.15, -0.1) is 0 Å². The number of ether oxygens (including phenoxy) is 1. The van der Waals surface area contributed by atoms with E-state index in [9.17, 15) is 8.42 Å². The van der Waals surface area contributed by atoms with Gasteiger partial charge in [0.05, 0.1) is 6.10 Å². The fraction of sp³-hybridized carbons (Fsp3) is 0.615. The van der Waals surface area contributed by atoms with Gasteiger partial charge in [0.15, 0.2) is 0 Å². The van der Waals surface area contributed by atoms with Crippen LogP contribution in [0.15, 0.2) is 23.2 Å². The maximum absolute atomic E-state index is 11.9. The SMILES string of the molecule is CC1OCCC1CNc1ccc(S(=O)(=O)N(C)C)cn1. The first-order valence-corrected chi connectivity index (χ1v) is 8.09. The summed E-state index contributed by atoms with van der Waals surface area (Å²) in [6.07, 6.45) is 2.68. The Balaban J connectivity index is 1.98. The van der Waals surface area contributed by atoms with Gasteiger partial charge < -0.3 is 10.1 Å². The molecule has 0 spiro atoms. The topological polar surface area (TPSA) is 71.5 Å². The van der Waals surface area contributed by atoms with Gasteiger partial charge in [0.2, 0.25) is 10.0 Å². The van der Waals surface area contributed by atoms with E-state index in [-0.39, 0.29) is 11.0 Å². The summed E-state index contributed by atoms with van der Waals surface area (Å²) < 4.78 is 30.5. The third-order valence-corrected chi connectivity index (χ3v) is 5.39. The van der Waals surface area contributed by atoms with Gasteiger partial charge in [-0.25, -0.2) is 17.7 Å². The van der Waals surface area contributed by atoms with E-state index in [0.29, 0.717) is 11.7 Å². The van der Waals surface area contributed by atoms with Crippen molar-refractivity contribution in [1.29, 1.82) is 0 Å². The molecule has 20 heavy (non-hydrogen) atoms. The van der Waals surface area contributed by atoms with Crippen LogP contribution in [0.5, 0.6) is 0 Å². The molecule has 1 aromatic heterocycles. The van der Waals surface area contributed by atoms with Crippen LogP contribution in [0.4, 0.5) is 5.82 Å². The number of pyridine rings is 1. The average molecular weight is 299 g/mol. The molecular weight excluding hydrogens is 278 g/mol. The molecule has 7 heteroatoms. The first-order chi connectivity index (χ1) is 9.41. The highest BCUT2D eigenvalue weighted by molar-refractivity contribution is 7.89. The van der Waals surface area contributed by atoms with E-state index in [1.54, 1.807) is 12.1 Å². The zero-order valence-corrected chi connectivity index (χ0v) is 12.9. The summed E-state index contributed by atoms with van der Waals surface area (Å²) in [5.74, 6) is 1.16. The number of nitrogens with one attached hydrogen (secondary N) is 1. The molecule has 0 radical (unpaired) electrons. The van der Waals surface area contributed by atoms with Crippen LogP contribution in [0.1, 0.15) is 13.3 Å². The first kappa shape index (κ1) is 15.2. The van der Waals surface area contributed by atoms with Gasteiger partial charge in [0, 0.05) is 39.4 Å². The second-order valence-corrected chi connectivity index (χ2v) is 7.32. The van der Waals surface area contributed by atoms with Gasteiger partial charge in [-0.2, -0.15) is 0 Å². The highest BCUT2D eigenvalue weighted by atomic mass is 32.2. The molecule has 1 aromatic rings. The van der Waals surface area contributed by atoms with Crippen molar-refractivity contribution in [2.45, 2.75) is 24.3 Å². The Kier molecular flexibility index (Phi) is 4.62. The minimum absolute atomic E-state index is 0.200. The molecule has 1 N–H and O–H groups in total. The van der Waals surface area contributed by atoms with E-state index in [4.69, 9.17) is 4.74 Å². The summed E-state index contributed by atoms with van der Waals surface area (Å²) >= 11 is 0. The van der Waals surface area contributed by atoms with E-state index in [2.05, 4.69) is 17.2 Å². The molecule has 0 amide bonds. The number of hydrogen-bond donors (Lipinski definition) is 1. The lowest BCUT2D eigenvalue weighted by molar-refractivity contribution is 0.108. The van der Waals surface area contributed by atoms with Crippen molar-refractivity contribution >= 4 is 15.8 Å². The molecule has 1 fully saturated rings. The largest absolute Gasteiger partial charge is 0.378 e. The van der Waals surface area contributed by atoms with Gasteiger partial charge in [-0.1, -0.05) is 0 Å². The number of anilines is 1. The average Bonchev–Trinajstić information content (AvgIpc) is 2.82. The third-order valence-electron chi connectivity index (χ3n) is 3.59. The summed E-state index contributed by atoms with van der Waals surface area (Å²) in [6, 6.07) is 3.26. The summed E-state index contributed by atoms with van der Waals surface area (Å²) in [4.78, 5) is 4.36.